The third-order valence-electron chi connectivity index (χ3n) is 9.00. The minimum Gasteiger partial charge on any atom is -0.457 e. The number of ether oxygens (including phenoxy) is 2. The molecule has 1 heterocycles. The van der Waals surface area contributed by atoms with Crippen LogP contribution in [0.1, 0.15) is 187 Å². The largest absolute Gasteiger partial charge is 0.457 e. The summed E-state index contributed by atoms with van der Waals surface area (Å²) in [6.07, 6.45) is 33.0. The molecule has 0 unspecified atom stereocenters. The van der Waals surface area contributed by atoms with Crippen molar-refractivity contribution in [3.8, 4) is 0 Å². The van der Waals surface area contributed by atoms with Crippen LogP contribution < -0.4 is 0 Å². The van der Waals surface area contributed by atoms with Gasteiger partial charge in [-0.25, -0.2) is 0 Å². The Morgan fingerprint density at radius 1 is 0.619 bits per heavy atom. The first kappa shape index (κ1) is 39.3. The molecule has 1 fully saturated rings. The molecule has 42 heavy (non-hydrogen) atoms. The normalized spacial score (nSPS) is 19.4. The van der Waals surface area contributed by atoms with Crippen molar-refractivity contribution in [1.82, 2.24) is 0 Å². The van der Waals surface area contributed by atoms with Gasteiger partial charge in [0.05, 0.1) is 13.2 Å². The maximum Gasteiger partial charge on any atom is 0.306 e. The fraction of sp³-hybridized carbons (Fsp3) is 0.972. The fourth-order valence-electron chi connectivity index (χ4n) is 6.15. The molecule has 0 aromatic carbocycles. The van der Waals surface area contributed by atoms with E-state index in [2.05, 4.69) is 6.92 Å². The van der Waals surface area contributed by atoms with Crippen LogP contribution in [-0.2, 0) is 14.3 Å². The number of aliphatic hydroxyl groups excluding tert-OH is 3. The van der Waals surface area contributed by atoms with Crippen LogP contribution in [0.2, 0.25) is 0 Å². The first-order valence-electron chi connectivity index (χ1n) is 18.4. The number of aliphatic hydroxyl groups is 3. The lowest BCUT2D eigenvalue weighted by atomic mass is 10.0. The molecule has 1 aliphatic heterocycles. The second kappa shape index (κ2) is 29.0. The van der Waals surface area contributed by atoms with Gasteiger partial charge >= 0.3 is 5.97 Å². The van der Waals surface area contributed by atoms with E-state index in [1.54, 1.807) is 0 Å². The zero-order valence-electron chi connectivity index (χ0n) is 27.6. The zero-order valence-corrected chi connectivity index (χ0v) is 27.6. The van der Waals surface area contributed by atoms with E-state index in [1.165, 1.54) is 154 Å². The van der Waals surface area contributed by atoms with Gasteiger partial charge in [-0.2, -0.15) is 0 Å². The maximum atomic E-state index is 12.1. The van der Waals surface area contributed by atoms with E-state index in [0.717, 1.165) is 19.3 Å². The number of carbonyl (C=O) groups is 1. The molecule has 0 amide bonds. The minimum absolute atomic E-state index is 0.0144. The average molecular weight is 599 g/mol. The number of unbranched alkanes of at least 4 members (excludes halogenated alkanes) is 26. The van der Waals surface area contributed by atoms with Crippen molar-refractivity contribution >= 4 is 5.97 Å². The SMILES string of the molecule is CCCCCCCCCCCCCCCCCCCCCCCCCCCCCC(=O)O[C@H](CO)[C@H]1OC[C@H](O)[C@H]1O. The van der Waals surface area contributed by atoms with Crippen LogP contribution in [0, 0.1) is 0 Å². The smallest absolute Gasteiger partial charge is 0.306 e. The van der Waals surface area contributed by atoms with E-state index in [4.69, 9.17) is 9.47 Å². The number of carbonyl (C=O) groups excluding carboxylic acids is 1. The fourth-order valence-corrected chi connectivity index (χ4v) is 6.15. The predicted molar refractivity (Wildman–Crippen MR) is 174 cm³/mol. The van der Waals surface area contributed by atoms with Crippen molar-refractivity contribution in [3.05, 3.63) is 0 Å². The van der Waals surface area contributed by atoms with Crippen molar-refractivity contribution < 1.29 is 29.6 Å². The highest BCUT2D eigenvalue weighted by Crippen LogP contribution is 2.21. The molecule has 0 bridgehead atoms. The molecule has 6 nitrogen and oxygen atoms in total. The first-order chi connectivity index (χ1) is 20.6. The lowest BCUT2D eigenvalue weighted by molar-refractivity contribution is -0.162. The summed E-state index contributed by atoms with van der Waals surface area (Å²) in [5.41, 5.74) is 0. The topological polar surface area (TPSA) is 96.2 Å². The Kier molecular flexibility index (Phi) is 27.2. The van der Waals surface area contributed by atoms with Gasteiger partial charge in [-0.15, -0.1) is 0 Å². The van der Waals surface area contributed by atoms with Gasteiger partial charge in [0.15, 0.2) is 6.10 Å². The van der Waals surface area contributed by atoms with E-state index >= 15 is 0 Å². The Morgan fingerprint density at radius 2 is 0.952 bits per heavy atom. The Bertz CT molecular complexity index is 585. The summed E-state index contributed by atoms with van der Waals surface area (Å²) in [5, 5.41) is 28.9. The molecule has 250 valence electrons. The van der Waals surface area contributed by atoms with Crippen LogP contribution in [0.15, 0.2) is 0 Å². The van der Waals surface area contributed by atoms with Crippen LogP contribution in [0.3, 0.4) is 0 Å². The molecule has 1 aliphatic rings. The Morgan fingerprint density at radius 3 is 1.24 bits per heavy atom. The summed E-state index contributed by atoms with van der Waals surface area (Å²) in [7, 11) is 0. The van der Waals surface area contributed by atoms with Gasteiger partial charge < -0.3 is 24.8 Å². The third-order valence-corrected chi connectivity index (χ3v) is 9.00. The second-order valence-corrected chi connectivity index (χ2v) is 13.0. The van der Waals surface area contributed by atoms with E-state index in [1.807, 2.05) is 0 Å². The molecule has 0 radical (unpaired) electrons. The minimum atomic E-state index is -1.14. The van der Waals surface area contributed by atoms with Crippen molar-refractivity contribution in [2.75, 3.05) is 13.2 Å². The Labute approximate surface area is 259 Å². The zero-order chi connectivity index (χ0) is 30.5. The molecular weight excluding hydrogens is 528 g/mol. The molecule has 1 rings (SSSR count). The van der Waals surface area contributed by atoms with E-state index in [9.17, 15) is 20.1 Å². The van der Waals surface area contributed by atoms with Gasteiger partial charge in [0.1, 0.15) is 18.3 Å². The molecule has 0 aliphatic carbocycles. The number of hydrogen-bond acceptors (Lipinski definition) is 6. The highest BCUT2D eigenvalue weighted by molar-refractivity contribution is 5.69. The molecular formula is C36H70O6. The Hall–Kier alpha value is -0.690. The van der Waals surface area contributed by atoms with Gasteiger partial charge in [-0.1, -0.05) is 174 Å². The quantitative estimate of drug-likeness (QED) is 0.0544. The lowest BCUT2D eigenvalue weighted by Gasteiger charge is -2.24. The maximum absolute atomic E-state index is 12.1. The predicted octanol–water partition coefficient (Wildman–Crippen LogP) is 8.95. The summed E-state index contributed by atoms with van der Waals surface area (Å²) in [6, 6.07) is 0. The van der Waals surface area contributed by atoms with E-state index in [-0.39, 0.29) is 12.6 Å². The Balaban J connectivity index is 1.73. The van der Waals surface area contributed by atoms with Crippen molar-refractivity contribution in [3.63, 3.8) is 0 Å². The van der Waals surface area contributed by atoms with E-state index < -0.39 is 31.0 Å². The van der Waals surface area contributed by atoms with Crippen LogP contribution >= 0.6 is 0 Å². The van der Waals surface area contributed by atoms with Crippen LogP contribution in [0.5, 0.6) is 0 Å². The number of rotatable bonds is 31. The number of hydrogen-bond donors (Lipinski definition) is 3. The van der Waals surface area contributed by atoms with Gasteiger partial charge in [0.25, 0.3) is 0 Å². The third kappa shape index (κ3) is 21.9. The summed E-state index contributed by atoms with van der Waals surface area (Å²) >= 11 is 0. The van der Waals surface area contributed by atoms with Gasteiger partial charge in [-0.3, -0.25) is 4.79 Å². The van der Waals surface area contributed by atoms with Gasteiger partial charge in [0, 0.05) is 6.42 Å². The molecule has 0 aromatic rings. The van der Waals surface area contributed by atoms with Crippen molar-refractivity contribution in [2.45, 2.75) is 211 Å². The van der Waals surface area contributed by atoms with Crippen LogP contribution in [-0.4, -0.2) is 58.9 Å². The standard InChI is InChI=1S/C36H70O6/c1-2-3-4-5-6-7-8-9-10-11-12-13-14-15-16-17-18-19-20-21-22-23-24-25-26-27-28-29-34(39)42-33(30-37)36-35(40)32(38)31-41-36/h32-33,35-38,40H,2-31H2,1H3/t32-,33+,35+,36+/m0/s1. The van der Waals surface area contributed by atoms with Gasteiger partial charge in [-0.05, 0) is 6.42 Å². The summed E-state index contributed by atoms with van der Waals surface area (Å²) < 4.78 is 10.5. The molecule has 0 aromatic heterocycles. The highest BCUT2D eigenvalue weighted by atomic mass is 16.6. The second-order valence-electron chi connectivity index (χ2n) is 13.0. The summed E-state index contributed by atoms with van der Waals surface area (Å²) in [5.74, 6) is -0.383. The lowest BCUT2D eigenvalue weighted by Crippen LogP contribution is -2.43. The molecule has 1 saturated heterocycles. The van der Waals surface area contributed by atoms with Crippen LogP contribution in [0.25, 0.3) is 0 Å². The number of esters is 1. The molecule has 4 atom stereocenters. The first-order valence-corrected chi connectivity index (χ1v) is 18.4. The summed E-state index contributed by atoms with van der Waals surface area (Å²) in [6.45, 7) is 1.85. The molecule has 0 saturated carbocycles. The molecule has 3 N–H and O–H groups in total. The monoisotopic (exact) mass is 599 g/mol. The van der Waals surface area contributed by atoms with Crippen LogP contribution in [0.4, 0.5) is 0 Å². The summed E-state index contributed by atoms with van der Waals surface area (Å²) in [4.78, 5) is 12.1. The van der Waals surface area contributed by atoms with Crippen molar-refractivity contribution in [1.29, 1.82) is 0 Å². The van der Waals surface area contributed by atoms with E-state index in [0.29, 0.717) is 6.42 Å². The highest BCUT2D eigenvalue weighted by Gasteiger charge is 2.41. The molecule has 6 heteroatoms. The average Bonchev–Trinajstić information content (AvgIpc) is 3.32. The van der Waals surface area contributed by atoms with Crippen molar-refractivity contribution in [2.24, 2.45) is 0 Å². The van der Waals surface area contributed by atoms with Gasteiger partial charge in [0.2, 0.25) is 0 Å². The molecule has 0 spiro atoms.